The van der Waals surface area contributed by atoms with Crippen LogP contribution in [0.25, 0.3) is 0 Å². The van der Waals surface area contributed by atoms with Crippen LogP contribution in [0.4, 0.5) is 0 Å². The third-order valence-corrected chi connectivity index (χ3v) is 6.12. The summed E-state index contributed by atoms with van der Waals surface area (Å²) in [5.74, 6) is 2.97. The van der Waals surface area contributed by atoms with Crippen molar-refractivity contribution in [2.45, 2.75) is 71.3 Å². The Kier molecular flexibility index (Phi) is 8.44. The highest BCUT2D eigenvalue weighted by molar-refractivity contribution is 5.80. The summed E-state index contributed by atoms with van der Waals surface area (Å²) in [7, 11) is 0. The molecule has 0 unspecified atom stereocenters. The average Bonchev–Trinajstić information content (AvgIpc) is 3.26. The maximum Gasteiger partial charge on any atom is 0.225 e. The van der Waals surface area contributed by atoms with Gasteiger partial charge in [-0.1, -0.05) is 33.1 Å². The molecule has 6 nitrogen and oxygen atoms in total. The van der Waals surface area contributed by atoms with Crippen molar-refractivity contribution in [3.63, 3.8) is 0 Å². The van der Waals surface area contributed by atoms with Crippen LogP contribution in [-0.4, -0.2) is 49.0 Å². The number of amides is 1. The van der Waals surface area contributed by atoms with Gasteiger partial charge in [-0.15, -0.1) is 0 Å². The summed E-state index contributed by atoms with van der Waals surface area (Å²) in [6.45, 7) is 7.32. The lowest BCUT2D eigenvalue weighted by Crippen LogP contribution is -2.50. The predicted molar refractivity (Wildman–Crippen MR) is 117 cm³/mol. The normalized spacial score (nSPS) is 19.6. The van der Waals surface area contributed by atoms with E-state index in [1.807, 2.05) is 30.9 Å². The molecule has 29 heavy (non-hydrogen) atoms. The van der Waals surface area contributed by atoms with Crippen molar-refractivity contribution in [2.24, 2.45) is 16.8 Å². The number of nitrogens with zero attached hydrogens (tertiary/aromatic N) is 2. The molecule has 1 aromatic rings. The molecule has 3 rings (SSSR count). The van der Waals surface area contributed by atoms with Gasteiger partial charge in [0.05, 0.1) is 6.26 Å². The summed E-state index contributed by atoms with van der Waals surface area (Å²) in [4.78, 5) is 19.2. The van der Waals surface area contributed by atoms with Gasteiger partial charge >= 0.3 is 0 Å². The van der Waals surface area contributed by atoms with Crippen LogP contribution in [0, 0.1) is 11.8 Å². The fourth-order valence-corrected chi connectivity index (χ4v) is 4.30. The van der Waals surface area contributed by atoms with Gasteiger partial charge in [-0.2, -0.15) is 0 Å². The molecule has 1 saturated carbocycles. The molecular weight excluding hydrogens is 364 g/mol. The van der Waals surface area contributed by atoms with Gasteiger partial charge in [0.2, 0.25) is 5.91 Å². The second kappa shape index (κ2) is 11.3. The minimum absolute atomic E-state index is 0.0791. The maximum absolute atomic E-state index is 12.2. The van der Waals surface area contributed by atoms with Crippen molar-refractivity contribution in [3.8, 4) is 0 Å². The average molecular weight is 403 g/mol. The summed E-state index contributed by atoms with van der Waals surface area (Å²) in [5, 5.41) is 7.13. The Bertz CT molecular complexity index is 627. The van der Waals surface area contributed by atoms with Gasteiger partial charge in [0.25, 0.3) is 0 Å². The number of hydrogen-bond donors (Lipinski definition) is 2. The lowest BCUT2D eigenvalue weighted by Gasteiger charge is -2.34. The summed E-state index contributed by atoms with van der Waals surface area (Å²) in [6, 6.07) is 4.31. The van der Waals surface area contributed by atoms with Crippen molar-refractivity contribution >= 4 is 11.9 Å². The molecule has 0 radical (unpaired) electrons. The number of furan rings is 1. The Morgan fingerprint density at radius 1 is 1.21 bits per heavy atom. The third kappa shape index (κ3) is 7.09. The van der Waals surface area contributed by atoms with E-state index in [2.05, 4.69) is 10.6 Å². The molecular formula is C23H38N4O2. The van der Waals surface area contributed by atoms with E-state index in [4.69, 9.17) is 9.41 Å². The van der Waals surface area contributed by atoms with Crippen LogP contribution in [0.15, 0.2) is 27.8 Å². The summed E-state index contributed by atoms with van der Waals surface area (Å²) in [6.07, 6.45) is 11.2. The molecule has 0 aromatic carbocycles. The van der Waals surface area contributed by atoms with Crippen LogP contribution in [-0.2, 0) is 11.2 Å². The van der Waals surface area contributed by atoms with Gasteiger partial charge in [-0.3, -0.25) is 9.79 Å². The zero-order valence-corrected chi connectivity index (χ0v) is 18.2. The number of likely N-dealkylation sites (tertiary alicyclic amines) is 1. The van der Waals surface area contributed by atoms with Crippen molar-refractivity contribution in [1.29, 1.82) is 0 Å². The van der Waals surface area contributed by atoms with E-state index in [-0.39, 0.29) is 11.8 Å². The number of piperidine rings is 1. The zero-order chi connectivity index (χ0) is 20.5. The monoisotopic (exact) mass is 402 g/mol. The molecule has 1 aromatic heterocycles. The van der Waals surface area contributed by atoms with Crippen LogP contribution < -0.4 is 10.6 Å². The molecule has 162 valence electrons. The minimum atomic E-state index is 0.0791. The van der Waals surface area contributed by atoms with Crippen LogP contribution in [0.1, 0.15) is 64.6 Å². The van der Waals surface area contributed by atoms with Crippen molar-refractivity contribution < 1.29 is 9.21 Å². The molecule has 6 heteroatoms. The first-order valence-electron chi connectivity index (χ1n) is 11.5. The summed E-state index contributed by atoms with van der Waals surface area (Å²) < 4.78 is 5.44. The smallest absolute Gasteiger partial charge is 0.225 e. The quantitative estimate of drug-likeness (QED) is 0.540. The molecule has 1 aliphatic carbocycles. The van der Waals surface area contributed by atoms with Gasteiger partial charge in [0.1, 0.15) is 5.76 Å². The number of carbonyl (C=O) groups excluding carboxylic acids is 1. The molecule has 0 bridgehead atoms. The predicted octanol–water partition coefficient (Wildman–Crippen LogP) is 3.58. The molecule has 2 heterocycles. The fraction of sp³-hybridized carbons (Fsp3) is 0.739. The maximum atomic E-state index is 12.2. The van der Waals surface area contributed by atoms with E-state index >= 15 is 0 Å². The van der Waals surface area contributed by atoms with Crippen LogP contribution >= 0.6 is 0 Å². The van der Waals surface area contributed by atoms with E-state index in [0.29, 0.717) is 6.04 Å². The first-order valence-corrected chi connectivity index (χ1v) is 11.5. The van der Waals surface area contributed by atoms with Gasteiger partial charge in [-0.05, 0) is 43.7 Å². The zero-order valence-electron chi connectivity index (χ0n) is 18.2. The number of rotatable bonds is 7. The molecule has 2 aliphatic rings. The third-order valence-electron chi connectivity index (χ3n) is 6.12. The minimum Gasteiger partial charge on any atom is -0.469 e. The van der Waals surface area contributed by atoms with Crippen LogP contribution in [0.5, 0.6) is 0 Å². The molecule has 0 spiro atoms. The highest BCUT2D eigenvalue weighted by Crippen LogP contribution is 2.23. The highest BCUT2D eigenvalue weighted by Gasteiger charge is 2.25. The Balaban J connectivity index is 1.50. The van der Waals surface area contributed by atoms with Crippen molar-refractivity contribution in [3.05, 3.63) is 24.2 Å². The van der Waals surface area contributed by atoms with E-state index < -0.39 is 0 Å². The van der Waals surface area contributed by atoms with Gasteiger partial charge in [0.15, 0.2) is 5.96 Å². The van der Waals surface area contributed by atoms with Crippen molar-refractivity contribution in [1.82, 2.24) is 15.5 Å². The van der Waals surface area contributed by atoms with E-state index in [9.17, 15) is 4.79 Å². The van der Waals surface area contributed by atoms with E-state index in [0.717, 1.165) is 63.1 Å². The van der Waals surface area contributed by atoms with Gasteiger partial charge < -0.3 is 20.0 Å². The summed E-state index contributed by atoms with van der Waals surface area (Å²) >= 11 is 0. The van der Waals surface area contributed by atoms with Crippen molar-refractivity contribution in [2.75, 3.05) is 26.2 Å². The lowest BCUT2D eigenvalue weighted by atomic mass is 9.89. The Morgan fingerprint density at radius 3 is 2.62 bits per heavy atom. The first kappa shape index (κ1) is 21.7. The highest BCUT2D eigenvalue weighted by atomic mass is 16.3. The first-order chi connectivity index (χ1) is 14.1. The second-order valence-corrected chi connectivity index (χ2v) is 8.85. The van der Waals surface area contributed by atoms with E-state index in [1.54, 1.807) is 6.26 Å². The molecule has 2 fully saturated rings. The Labute approximate surface area is 175 Å². The molecule has 1 amide bonds. The second-order valence-electron chi connectivity index (χ2n) is 8.85. The molecule has 1 saturated heterocycles. The molecule has 0 atom stereocenters. The molecule has 2 N–H and O–H groups in total. The number of hydrogen-bond acceptors (Lipinski definition) is 3. The molecule has 1 aliphatic heterocycles. The van der Waals surface area contributed by atoms with Gasteiger partial charge in [-0.25, -0.2) is 0 Å². The Hall–Kier alpha value is -1.98. The number of guanidine groups is 1. The SMILES string of the molecule is CC(C)C(=O)N1CCC(NC(=NCC2CCCCC2)NCCc2ccco2)CC1. The van der Waals surface area contributed by atoms with Crippen LogP contribution in [0.3, 0.4) is 0 Å². The van der Waals surface area contributed by atoms with Gasteiger partial charge in [0, 0.05) is 44.6 Å². The summed E-state index contributed by atoms with van der Waals surface area (Å²) in [5.41, 5.74) is 0. The lowest BCUT2D eigenvalue weighted by molar-refractivity contribution is -0.135. The number of aliphatic imine (C=N–C) groups is 1. The standard InChI is InChI=1S/C23H38N4O2/c1-18(2)22(28)27-14-11-20(12-15-27)26-23(24-13-10-21-9-6-16-29-21)25-17-19-7-4-3-5-8-19/h6,9,16,18-20H,3-5,7-8,10-15,17H2,1-2H3,(H2,24,25,26). The largest absolute Gasteiger partial charge is 0.469 e. The fourth-order valence-electron chi connectivity index (χ4n) is 4.30. The number of carbonyl (C=O) groups is 1. The topological polar surface area (TPSA) is 69.9 Å². The van der Waals surface area contributed by atoms with Crippen LogP contribution in [0.2, 0.25) is 0 Å². The number of nitrogens with one attached hydrogen (secondary N) is 2. The van der Waals surface area contributed by atoms with E-state index in [1.165, 1.54) is 32.1 Å². The Morgan fingerprint density at radius 2 is 1.97 bits per heavy atom.